The molecule has 0 saturated heterocycles. The van der Waals surface area contributed by atoms with Crippen LogP contribution < -0.4 is 0 Å². The largest absolute Gasteiger partial charge is 0.103 e. The fourth-order valence-electron chi connectivity index (χ4n) is 2.22. The maximum absolute atomic E-state index is 3.14. The Balaban J connectivity index is 0.000000160. The molecule has 2 aromatic carbocycles. The molecule has 0 amide bonds. The first-order valence-electron chi connectivity index (χ1n) is 7.53. The van der Waals surface area contributed by atoms with E-state index in [1.54, 1.807) is 0 Å². The second kappa shape index (κ2) is 8.99. The van der Waals surface area contributed by atoms with Gasteiger partial charge in [0.25, 0.3) is 0 Å². The minimum absolute atomic E-state index is 1.14. The van der Waals surface area contributed by atoms with Crippen molar-refractivity contribution in [3.63, 3.8) is 0 Å². The second-order valence-electron chi connectivity index (χ2n) is 5.00. The highest BCUT2D eigenvalue weighted by Gasteiger charge is 1.92. The molecule has 0 aromatic heterocycles. The summed E-state index contributed by atoms with van der Waals surface area (Å²) >= 11 is 0. The summed E-state index contributed by atoms with van der Waals surface area (Å²) in [5.74, 6) is 6.27. The lowest BCUT2D eigenvalue weighted by Crippen LogP contribution is -1.80. The Hall–Kier alpha value is -2.00. The molecule has 0 N–H and O–H groups in total. The maximum atomic E-state index is 3.14. The van der Waals surface area contributed by atoms with Gasteiger partial charge < -0.3 is 0 Å². The summed E-state index contributed by atoms with van der Waals surface area (Å²) in [5.41, 5.74) is 2.55. The van der Waals surface area contributed by atoms with Gasteiger partial charge >= 0.3 is 0 Å². The second-order valence-corrected chi connectivity index (χ2v) is 5.00. The van der Waals surface area contributed by atoms with Crippen LogP contribution in [0.25, 0.3) is 11.1 Å². The highest BCUT2D eigenvalue weighted by molar-refractivity contribution is 5.62. The van der Waals surface area contributed by atoms with E-state index in [4.69, 9.17) is 0 Å². The fourth-order valence-corrected chi connectivity index (χ4v) is 2.22. The third kappa shape index (κ3) is 5.33. The first kappa shape index (κ1) is 14.4. The van der Waals surface area contributed by atoms with E-state index in [2.05, 4.69) is 60.4 Å². The summed E-state index contributed by atoms with van der Waals surface area (Å²) in [5, 5.41) is 0. The Morgan fingerprint density at radius 3 is 1.30 bits per heavy atom. The standard InChI is InChI=1S/C12H10.C8H12/c1-3-7-11(8-4-1)12-9-5-2-6-10-12;1-2-4-6-8-7-5-3-1/h1-10H;1-6H2. The van der Waals surface area contributed by atoms with Crippen LogP contribution in [-0.2, 0) is 0 Å². The van der Waals surface area contributed by atoms with Crippen molar-refractivity contribution in [2.24, 2.45) is 0 Å². The topological polar surface area (TPSA) is 0 Å². The van der Waals surface area contributed by atoms with Crippen LogP contribution in [-0.4, -0.2) is 0 Å². The van der Waals surface area contributed by atoms with Gasteiger partial charge in [-0.15, -0.1) is 11.8 Å². The minimum Gasteiger partial charge on any atom is -0.103 e. The molecular weight excluding hydrogens is 240 g/mol. The first-order chi connectivity index (χ1) is 9.97. The average Bonchev–Trinajstić information content (AvgIpc) is 2.49. The smallest absolute Gasteiger partial charge is 0.00886 e. The van der Waals surface area contributed by atoms with Gasteiger partial charge in [0.1, 0.15) is 0 Å². The van der Waals surface area contributed by atoms with Gasteiger partial charge in [-0.25, -0.2) is 0 Å². The zero-order chi connectivity index (χ0) is 13.9. The van der Waals surface area contributed by atoms with Crippen molar-refractivity contribution in [2.45, 2.75) is 38.5 Å². The SMILES string of the molecule is C1#CCCCCCC1.c1ccc(-c2ccccc2)cc1. The molecular formula is C20H22. The summed E-state index contributed by atoms with van der Waals surface area (Å²) in [6.45, 7) is 0. The van der Waals surface area contributed by atoms with Crippen LogP contribution in [0, 0.1) is 11.8 Å². The third-order valence-corrected chi connectivity index (χ3v) is 3.36. The zero-order valence-electron chi connectivity index (χ0n) is 12.0. The van der Waals surface area contributed by atoms with Crippen molar-refractivity contribution in [2.75, 3.05) is 0 Å². The van der Waals surface area contributed by atoms with Crippen molar-refractivity contribution in [3.05, 3.63) is 60.7 Å². The van der Waals surface area contributed by atoms with Gasteiger partial charge in [0.05, 0.1) is 0 Å². The predicted molar refractivity (Wildman–Crippen MR) is 87.4 cm³/mol. The van der Waals surface area contributed by atoms with Crippen molar-refractivity contribution >= 4 is 0 Å². The van der Waals surface area contributed by atoms with Crippen molar-refractivity contribution in [3.8, 4) is 23.0 Å². The number of rotatable bonds is 1. The van der Waals surface area contributed by atoms with Gasteiger partial charge in [0.2, 0.25) is 0 Å². The lowest BCUT2D eigenvalue weighted by molar-refractivity contribution is 0.652. The van der Waals surface area contributed by atoms with Gasteiger partial charge in [0.15, 0.2) is 0 Å². The molecule has 0 atom stereocenters. The fraction of sp³-hybridized carbons (Fsp3) is 0.300. The summed E-state index contributed by atoms with van der Waals surface area (Å²) in [6.07, 6.45) is 7.73. The molecule has 0 unspecified atom stereocenters. The highest BCUT2D eigenvalue weighted by Crippen LogP contribution is 2.17. The summed E-state index contributed by atoms with van der Waals surface area (Å²) < 4.78 is 0. The Bertz CT molecular complexity index is 479. The molecule has 0 nitrogen and oxygen atoms in total. The highest BCUT2D eigenvalue weighted by atomic mass is 14.0. The Morgan fingerprint density at radius 1 is 0.500 bits per heavy atom. The lowest BCUT2D eigenvalue weighted by Gasteiger charge is -1.98. The van der Waals surface area contributed by atoms with Crippen molar-refractivity contribution in [1.29, 1.82) is 0 Å². The first-order valence-corrected chi connectivity index (χ1v) is 7.53. The summed E-state index contributed by atoms with van der Waals surface area (Å²) in [4.78, 5) is 0. The predicted octanol–water partition coefficient (Wildman–Crippen LogP) is 5.70. The molecule has 0 spiro atoms. The molecule has 0 saturated carbocycles. The molecule has 102 valence electrons. The molecule has 0 heterocycles. The van der Waals surface area contributed by atoms with Crippen LogP contribution >= 0.6 is 0 Å². The van der Waals surface area contributed by atoms with Crippen LogP contribution in [0.15, 0.2) is 60.7 Å². The Labute approximate surface area is 122 Å². The molecule has 0 radical (unpaired) electrons. The molecule has 0 bridgehead atoms. The third-order valence-electron chi connectivity index (χ3n) is 3.36. The summed E-state index contributed by atoms with van der Waals surface area (Å²) in [7, 11) is 0. The number of benzene rings is 2. The molecule has 2 aromatic rings. The number of hydrogen-bond donors (Lipinski definition) is 0. The molecule has 0 heteroatoms. The van der Waals surface area contributed by atoms with Crippen LogP contribution in [0.3, 0.4) is 0 Å². The minimum atomic E-state index is 1.14. The normalized spacial score (nSPS) is 13.8. The van der Waals surface area contributed by atoms with Crippen molar-refractivity contribution in [1.82, 2.24) is 0 Å². The monoisotopic (exact) mass is 262 g/mol. The van der Waals surface area contributed by atoms with Gasteiger partial charge in [0, 0.05) is 12.8 Å². The molecule has 20 heavy (non-hydrogen) atoms. The van der Waals surface area contributed by atoms with E-state index in [0.717, 1.165) is 12.8 Å². The number of hydrogen-bond acceptors (Lipinski definition) is 0. The lowest BCUT2D eigenvalue weighted by atomic mass is 10.1. The maximum Gasteiger partial charge on any atom is 0.00886 e. The molecule has 0 aliphatic heterocycles. The van der Waals surface area contributed by atoms with Crippen LogP contribution in [0.2, 0.25) is 0 Å². The van der Waals surface area contributed by atoms with Gasteiger partial charge in [-0.1, -0.05) is 73.5 Å². The van der Waals surface area contributed by atoms with E-state index >= 15 is 0 Å². The van der Waals surface area contributed by atoms with E-state index in [0.29, 0.717) is 0 Å². The van der Waals surface area contributed by atoms with Gasteiger partial charge in [-0.05, 0) is 24.0 Å². The van der Waals surface area contributed by atoms with E-state index in [9.17, 15) is 0 Å². The van der Waals surface area contributed by atoms with E-state index in [1.165, 1.54) is 36.8 Å². The van der Waals surface area contributed by atoms with Crippen LogP contribution in [0.4, 0.5) is 0 Å². The van der Waals surface area contributed by atoms with Gasteiger partial charge in [-0.3, -0.25) is 0 Å². The molecule has 0 fully saturated rings. The van der Waals surface area contributed by atoms with Gasteiger partial charge in [-0.2, -0.15) is 0 Å². The summed E-state index contributed by atoms with van der Waals surface area (Å²) in [6, 6.07) is 20.8. The Morgan fingerprint density at radius 2 is 0.900 bits per heavy atom. The quantitative estimate of drug-likeness (QED) is 0.578. The van der Waals surface area contributed by atoms with Crippen LogP contribution in [0.1, 0.15) is 38.5 Å². The average molecular weight is 262 g/mol. The van der Waals surface area contributed by atoms with Crippen LogP contribution in [0.5, 0.6) is 0 Å². The Kier molecular flexibility index (Phi) is 6.48. The zero-order valence-corrected chi connectivity index (χ0v) is 12.0. The van der Waals surface area contributed by atoms with E-state index in [-0.39, 0.29) is 0 Å². The molecule has 1 aliphatic rings. The molecule has 3 rings (SSSR count). The van der Waals surface area contributed by atoms with E-state index < -0.39 is 0 Å². The van der Waals surface area contributed by atoms with E-state index in [1.807, 2.05) is 12.1 Å². The van der Waals surface area contributed by atoms with Crippen molar-refractivity contribution < 1.29 is 0 Å². The molecule has 1 aliphatic carbocycles.